The highest BCUT2D eigenvalue weighted by molar-refractivity contribution is 7.63. The van der Waals surface area contributed by atoms with Crippen molar-refractivity contribution in [3.8, 4) is 0 Å². The lowest BCUT2D eigenvalue weighted by atomic mass is 9.93. The Hall–Kier alpha value is -2.97. The number of benzene rings is 4. The number of rotatable bonds is 8. The van der Waals surface area contributed by atoms with Crippen molar-refractivity contribution in [3.05, 3.63) is 114 Å². The fraction of sp³-hybridized carbons (Fsp3) is 0.143. The molecule has 0 atom stereocenters. The molecule has 0 bridgehead atoms. The molecule has 0 amide bonds. The van der Waals surface area contributed by atoms with Gasteiger partial charge in [-0.1, -0.05) is 97.1 Å². The molecular weight excluding hydrogens is 415 g/mol. The van der Waals surface area contributed by atoms with Crippen LogP contribution in [0.25, 0.3) is 22.4 Å². The summed E-state index contributed by atoms with van der Waals surface area (Å²) >= 11 is 0. The Morgan fingerprint density at radius 1 is 0.750 bits per heavy atom. The van der Waals surface area contributed by atoms with Crippen molar-refractivity contribution in [1.82, 2.24) is 0 Å². The Bertz CT molecular complexity index is 1250. The first-order valence-corrected chi connectivity index (χ1v) is 12.4. The standard InChI is InChI=1S/C28H27O3P/c1-3-30-32(29,31-4-2)28-25-18-12-11-17-24(25)19-20-26(28)27(23-15-9-6-10-16-23)21-22-13-7-5-8-14-22/h5-21H,3-4H2,1-2H3/b27-21+. The second kappa shape index (κ2) is 10.1. The molecule has 0 heterocycles. The zero-order valence-electron chi connectivity index (χ0n) is 18.4. The van der Waals surface area contributed by atoms with E-state index in [1.54, 1.807) is 0 Å². The lowest BCUT2D eigenvalue weighted by molar-refractivity contribution is 0.230. The quantitative estimate of drug-likeness (QED) is 0.212. The molecule has 4 aromatic carbocycles. The first-order chi connectivity index (χ1) is 15.7. The van der Waals surface area contributed by atoms with Crippen molar-refractivity contribution >= 4 is 35.3 Å². The van der Waals surface area contributed by atoms with Crippen LogP contribution in [-0.2, 0) is 13.6 Å². The summed E-state index contributed by atoms with van der Waals surface area (Å²) in [7, 11) is -3.57. The van der Waals surface area contributed by atoms with Crippen LogP contribution in [0, 0.1) is 0 Å². The lowest BCUT2D eigenvalue weighted by Crippen LogP contribution is -2.17. The Morgan fingerprint density at radius 2 is 1.34 bits per heavy atom. The average Bonchev–Trinajstić information content (AvgIpc) is 2.83. The van der Waals surface area contributed by atoms with Crippen molar-refractivity contribution in [2.24, 2.45) is 0 Å². The molecular formula is C28H27O3P. The first-order valence-electron chi connectivity index (χ1n) is 10.9. The highest BCUT2D eigenvalue weighted by atomic mass is 31.2. The first kappa shape index (κ1) is 22.2. The predicted molar refractivity (Wildman–Crippen MR) is 134 cm³/mol. The topological polar surface area (TPSA) is 35.5 Å². The van der Waals surface area contributed by atoms with Gasteiger partial charge in [0.25, 0.3) is 0 Å². The van der Waals surface area contributed by atoms with Gasteiger partial charge in [-0.2, -0.15) is 0 Å². The molecule has 162 valence electrons. The molecule has 0 saturated carbocycles. The monoisotopic (exact) mass is 442 g/mol. The highest BCUT2D eigenvalue weighted by Crippen LogP contribution is 2.51. The molecule has 0 spiro atoms. The van der Waals surface area contributed by atoms with Gasteiger partial charge < -0.3 is 9.05 Å². The van der Waals surface area contributed by atoms with Gasteiger partial charge in [-0.15, -0.1) is 0 Å². The molecule has 4 rings (SSSR count). The van der Waals surface area contributed by atoms with E-state index in [9.17, 15) is 4.57 Å². The summed E-state index contributed by atoms with van der Waals surface area (Å²) in [5.74, 6) is 0. The Kier molecular flexibility index (Phi) is 7.02. The third kappa shape index (κ3) is 4.61. The smallest absolute Gasteiger partial charge is 0.305 e. The van der Waals surface area contributed by atoms with Crippen LogP contribution in [0.3, 0.4) is 0 Å². The summed E-state index contributed by atoms with van der Waals surface area (Å²) < 4.78 is 25.9. The van der Waals surface area contributed by atoms with E-state index in [2.05, 4.69) is 36.4 Å². The second-order valence-electron chi connectivity index (χ2n) is 7.35. The number of hydrogen-bond donors (Lipinski definition) is 0. The van der Waals surface area contributed by atoms with Crippen LogP contribution in [0.2, 0.25) is 0 Å². The van der Waals surface area contributed by atoms with E-state index in [-0.39, 0.29) is 0 Å². The van der Waals surface area contributed by atoms with Gasteiger partial charge in [0.2, 0.25) is 0 Å². The van der Waals surface area contributed by atoms with E-state index in [4.69, 9.17) is 9.05 Å². The van der Waals surface area contributed by atoms with E-state index >= 15 is 0 Å². The predicted octanol–water partition coefficient (Wildman–Crippen LogP) is 7.32. The third-order valence-corrected chi connectivity index (χ3v) is 7.48. The van der Waals surface area contributed by atoms with Crippen LogP contribution >= 0.6 is 7.60 Å². The zero-order valence-corrected chi connectivity index (χ0v) is 19.3. The minimum absolute atomic E-state index is 0.295. The number of hydrogen-bond acceptors (Lipinski definition) is 3. The maximum absolute atomic E-state index is 14.2. The minimum atomic E-state index is -3.57. The molecule has 3 nitrogen and oxygen atoms in total. The maximum atomic E-state index is 14.2. The van der Waals surface area contributed by atoms with Crippen molar-refractivity contribution < 1.29 is 13.6 Å². The van der Waals surface area contributed by atoms with Gasteiger partial charge in [0, 0.05) is 0 Å². The highest BCUT2D eigenvalue weighted by Gasteiger charge is 2.33. The fourth-order valence-electron chi connectivity index (χ4n) is 3.92. The van der Waals surface area contributed by atoms with Crippen LogP contribution in [0.4, 0.5) is 0 Å². The van der Waals surface area contributed by atoms with Gasteiger partial charge in [-0.25, -0.2) is 0 Å². The zero-order chi connectivity index (χ0) is 22.4. The van der Waals surface area contributed by atoms with Crippen LogP contribution in [-0.4, -0.2) is 13.2 Å². The van der Waals surface area contributed by atoms with Gasteiger partial charge in [-0.3, -0.25) is 4.57 Å². The molecule has 4 aromatic rings. The van der Waals surface area contributed by atoms with E-state index < -0.39 is 7.60 Å². The average molecular weight is 442 g/mol. The van der Waals surface area contributed by atoms with Gasteiger partial charge in [0.1, 0.15) is 0 Å². The van der Waals surface area contributed by atoms with Crippen molar-refractivity contribution in [2.75, 3.05) is 13.2 Å². The SMILES string of the molecule is CCOP(=O)(OCC)c1c(/C(=C/c2ccccc2)c2ccccc2)ccc2ccccc12. The molecule has 0 N–H and O–H groups in total. The van der Waals surface area contributed by atoms with Crippen LogP contribution in [0.15, 0.2) is 97.1 Å². The summed E-state index contributed by atoms with van der Waals surface area (Å²) in [5, 5.41) is 2.49. The molecule has 0 aliphatic rings. The van der Waals surface area contributed by atoms with Crippen molar-refractivity contribution in [2.45, 2.75) is 13.8 Å². The van der Waals surface area contributed by atoms with Gasteiger partial charge in [0.05, 0.1) is 18.5 Å². The largest absolute Gasteiger partial charge is 0.362 e. The summed E-state index contributed by atoms with van der Waals surface area (Å²) in [5.41, 5.74) is 3.92. The van der Waals surface area contributed by atoms with Crippen LogP contribution in [0.1, 0.15) is 30.5 Å². The molecule has 32 heavy (non-hydrogen) atoms. The van der Waals surface area contributed by atoms with Gasteiger partial charge in [0.15, 0.2) is 0 Å². The summed E-state index contributed by atoms with van der Waals surface area (Å²) in [4.78, 5) is 0. The van der Waals surface area contributed by atoms with Crippen LogP contribution < -0.4 is 5.30 Å². The lowest BCUT2D eigenvalue weighted by Gasteiger charge is -2.23. The minimum Gasteiger partial charge on any atom is -0.305 e. The van der Waals surface area contributed by atoms with Crippen LogP contribution in [0.5, 0.6) is 0 Å². The Labute approximate surface area is 189 Å². The summed E-state index contributed by atoms with van der Waals surface area (Å²) in [6.45, 7) is 4.27. The normalized spacial score (nSPS) is 12.2. The molecule has 0 aliphatic heterocycles. The number of fused-ring (bicyclic) bond motifs is 1. The molecule has 0 radical (unpaired) electrons. The van der Waals surface area contributed by atoms with Crippen molar-refractivity contribution in [1.29, 1.82) is 0 Å². The molecule has 0 aromatic heterocycles. The molecule has 0 saturated heterocycles. The Balaban J connectivity index is 2.07. The third-order valence-electron chi connectivity index (χ3n) is 5.26. The van der Waals surface area contributed by atoms with E-state index in [0.717, 1.165) is 33.0 Å². The van der Waals surface area contributed by atoms with E-state index in [0.29, 0.717) is 18.5 Å². The summed E-state index contributed by atoms with van der Waals surface area (Å²) in [6, 6.07) is 32.4. The second-order valence-corrected chi connectivity index (χ2v) is 9.31. The fourth-order valence-corrected chi connectivity index (χ4v) is 5.93. The van der Waals surface area contributed by atoms with E-state index in [1.165, 1.54) is 0 Å². The van der Waals surface area contributed by atoms with Gasteiger partial charge >= 0.3 is 7.60 Å². The van der Waals surface area contributed by atoms with Gasteiger partial charge in [-0.05, 0) is 53.0 Å². The molecule has 0 aliphatic carbocycles. The molecule has 4 heteroatoms. The van der Waals surface area contributed by atoms with E-state index in [1.807, 2.05) is 80.6 Å². The Morgan fingerprint density at radius 3 is 2.00 bits per heavy atom. The molecule has 0 fully saturated rings. The maximum Gasteiger partial charge on any atom is 0.362 e. The van der Waals surface area contributed by atoms with Crippen molar-refractivity contribution in [3.63, 3.8) is 0 Å². The summed E-state index contributed by atoms with van der Waals surface area (Å²) in [6.07, 6.45) is 2.13. The molecule has 0 unspecified atom stereocenters.